The molecule has 0 saturated carbocycles. The number of nitrogens with one attached hydrogen (secondary N) is 2. The predicted molar refractivity (Wildman–Crippen MR) is 126 cm³/mol. The zero-order chi connectivity index (χ0) is 22.6. The third kappa shape index (κ3) is 5.21. The topological polar surface area (TPSA) is 77.6 Å². The van der Waals surface area contributed by atoms with E-state index >= 15 is 0 Å². The van der Waals surface area contributed by atoms with E-state index in [1.165, 1.54) is 6.20 Å². The molecule has 0 atom stereocenters. The van der Waals surface area contributed by atoms with Crippen LogP contribution in [0.4, 0.5) is 26.6 Å². The molecule has 0 fully saturated rings. The van der Waals surface area contributed by atoms with E-state index < -0.39 is 20.7 Å². The van der Waals surface area contributed by atoms with Gasteiger partial charge in [0.05, 0.1) is 22.1 Å². The predicted octanol–water partition coefficient (Wildman–Crippen LogP) is 4.68. The number of halogens is 3. The average molecular weight is 504 g/mol. The number of benzene rings is 2. The maximum absolute atomic E-state index is 14.9. The summed E-state index contributed by atoms with van der Waals surface area (Å²) in [6, 6.07) is 9.53. The lowest BCUT2D eigenvalue weighted by molar-refractivity contribution is 0.568. The van der Waals surface area contributed by atoms with E-state index in [1.807, 2.05) is 43.3 Å². The largest absolute Gasteiger partial charge is 0.372 e. The summed E-state index contributed by atoms with van der Waals surface area (Å²) in [4.78, 5) is 5.22. The summed E-state index contributed by atoms with van der Waals surface area (Å²) in [5, 5.41) is 7.75. The Morgan fingerprint density at radius 3 is 2.65 bits per heavy atom. The van der Waals surface area contributed by atoms with E-state index in [0.29, 0.717) is 9.51 Å². The number of sulfonamides is 1. The smallest absolute Gasteiger partial charge is 0.283 e. The van der Waals surface area contributed by atoms with Crippen LogP contribution in [0, 0.1) is 5.82 Å². The monoisotopic (exact) mass is 503 g/mol. The molecule has 1 aromatic heterocycles. The molecule has 7 nitrogen and oxygen atoms in total. The van der Waals surface area contributed by atoms with Gasteiger partial charge in [-0.15, -0.1) is 15.2 Å². The molecule has 0 amide bonds. The van der Waals surface area contributed by atoms with Gasteiger partial charge >= 0.3 is 0 Å². The van der Waals surface area contributed by atoms with Gasteiger partial charge in [0.1, 0.15) is 10.7 Å². The summed E-state index contributed by atoms with van der Waals surface area (Å²) in [5.41, 5.74) is 1.80. The van der Waals surface area contributed by atoms with Crippen molar-refractivity contribution in [1.29, 1.82) is 0 Å². The summed E-state index contributed by atoms with van der Waals surface area (Å²) in [5.74, 6) is -0.991. The first-order chi connectivity index (χ1) is 14.8. The van der Waals surface area contributed by atoms with Crippen molar-refractivity contribution in [2.45, 2.75) is 4.90 Å². The molecule has 0 aliphatic heterocycles. The highest BCUT2D eigenvalue weighted by atomic mass is 35.5. The molecule has 0 radical (unpaired) electrons. The zero-order valence-electron chi connectivity index (χ0n) is 16.6. The van der Waals surface area contributed by atoms with Gasteiger partial charge in [-0.2, -0.15) is 8.42 Å². The first-order valence-corrected chi connectivity index (χ1v) is 12.1. The van der Waals surface area contributed by atoms with Crippen LogP contribution in [0.25, 0.3) is 0 Å². The van der Waals surface area contributed by atoms with Crippen LogP contribution in [0.1, 0.15) is 0 Å². The van der Waals surface area contributed by atoms with Crippen LogP contribution in [0.2, 0.25) is 5.02 Å². The van der Waals surface area contributed by atoms with Crippen LogP contribution < -0.4 is 19.4 Å². The Balaban J connectivity index is 1.92. The van der Waals surface area contributed by atoms with Crippen LogP contribution in [0.5, 0.6) is 0 Å². The summed E-state index contributed by atoms with van der Waals surface area (Å²) in [7, 11) is -0.591. The van der Waals surface area contributed by atoms with Crippen molar-refractivity contribution >= 4 is 66.9 Å². The highest BCUT2D eigenvalue weighted by Crippen LogP contribution is 2.36. The molecule has 31 heavy (non-hydrogen) atoms. The van der Waals surface area contributed by atoms with E-state index in [9.17, 15) is 12.8 Å². The molecule has 0 aliphatic rings. The minimum atomic E-state index is -4.39. The van der Waals surface area contributed by atoms with Crippen molar-refractivity contribution in [3.8, 4) is 0 Å². The van der Waals surface area contributed by atoms with E-state index in [-0.39, 0.29) is 15.8 Å². The maximum Gasteiger partial charge on any atom is 0.283 e. The van der Waals surface area contributed by atoms with Gasteiger partial charge in [-0.3, -0.25) is 0 Å². The fourth-order valence-electron chi connectivity index (χ4n) is 2.77. The molecule has 0 bridgehead atoms. The molecule has 3 aromatic rings. The van der Waals surface area contributed by atoms with E-state index in [2.05, 4.69) is 15.6 Å². The number of para-hydroxylation sites is 2. The van der Waals surface area contributed by atoms with Gasteiger partial charge in [-0.25, -0.2) is 9.37 Å². The number of anilines is 4. The Labute approximate surface area is 194 Å². The first-order valence-electron chi connectivity index (χ1n) is 9.07. The summed E-state index contributed by atoms with van der Waals surface area (Å²) >= 11 is 13.2. The second kappa shape index (κ2) is 10.0. The Kier molecular flexibility index (Phi) is 7.60. The molecule has 1 heterocycles. The number of hydrogen-bond acceptors (Lipinski definition) is 7. The molecule has 0 unspecified atom stereocenters. The van der Waals surface area contributed by atoms with Gasteiger partial charge in [0.2, 0.25) is 5.13 Å². The van der Waals surface area contributed by atoms with Gasteiger partial charge in [0.25, 0.3) is 10.0 Å². The molecule has 0 aliphatic carbocycles. The van der Waals surface area contributed by atoms with Gasteiger partial charge in [-0.05, 0) is 25.2 Å². The third-order valence-electron chi connectivity index (χ3n) is 4.36. The van der Waals surface area contributed by atoms with Crippen molar-refractivity contribution in [3.63, 3.8) is 0 Å². The molecule has 12 heteroatoms. The van der Waals surface area contributed by atoms with Gasteiger partial charge < -0.3 is 15.5 Å². The molecule has 166 valence electrons. The normalized spacial score (nSPS) is 11.4. The molecule has 3 rings (SSSR count). The van der Waals surface area contributed by atoms with Gasteiger partial charge in [0, 0.05) is 49.6 Å². The van der Waals surface area contributed by atoms with Crippen molar-refractivity contribution in [1.82, 2.24) is 10.3 Å². The van der Waals surface area contributed by atoms with Crippen LogP contribution >= 0.6 is 34.7 Å². The third-order valence-corrected chi connectivity index (χ3v) is 7.82. The zero-order valence-corrected chi connectivity index (χ0v) is 19.8. The van der Waals surface area contributed by atoms with E-state index in [4.69, 9.17) is 23.4 Å². The fraction of sp³-hybridized carbons (Fsp3) is 0.211. The van der Waals surface area contributed by atoms with Crippen molar-refractivity contribution in [2.75, 3.05) is 41.2 Å². The summed E-state index contributed by atoms with van der Waals surface area (Å²) < 4.78 is 40.8. The number of likely N-dealkylation sites (N-methyl/N-ethyl adjacent to an activating group) is 2. The quantitative estimate of drug-likeness (QED) is 0.412. The van der Waals surface area contributed by atoms with Crippen molar-refractivity contribution < 1.29 is 12.8 Å². The highest BCUT2D eigenvalue weighted by Gasteiger charge is 2.30. The number of nitrogens with zero attached hydrogens (tertiary/aromatic N) is 3. The lowest BCUT2D eigenvalue weighted by Gasteiger charge is -2.23. The lowest BCUT2D eigenvalue weighted by atomic mass is 10.2. The van der Waals surface area contributed by atoms with Crippen molar-refractivity contribution in [2.24, 2.45) is 0 Å². The van der Waals surface area contributed by atoms with Gasteiger partial charge in [-0.1, -0.05) is 23.7 Å². The van der Waals surface area contributed by atoms with Crippen molar-refractivity contribution in [3.05, 3.63) is 58.8 Å². The number of thiazole rings is 1. The molecular weight excluding hydrogens is 484 g/mol. The second-order valence-electron chi connectivity index (χ2n) is 6.46. The van der Waals surface area contributed by atoms with Crippen LogP contribution in [0.15, 0.2) is 52.9 Å². The van der Waals surface area contributed by atoms with Gasteiger partial charge in [0.15, 0.2) is 0 Å². The van der Waals surface area contributed by atoms with E-state index in [1.54, 1.807) is 5.38 Å². The Morgan fingerprint density at radius 1 is 1.23 bits per heavy atom. The van der Waals surface area contributed by atoms with E-state index in [0.717, 1.165) is 42.2 Å². The number of aromatic nitrogens is 1. The molecule has 2 N–H and O–H groups in total. The molecule has 0 saturated heterocycles. The highest BCUT2D eigenvalue weighted by molar-refractivity contribution is 7.94. The standard InChI is InChI=1S/C19H20Cl2FN5O2S2/c1-23-7-9-26(2)17-6-4-3-5-15(17)25-16-12-14(22)18(11-13(16)20)31(28,29)27(21)19-24-8-10-30-19/h3-6,8,10-12,23,25H,7,9H2,1-2H3. The van der Waals surface area contributed by atoms with Crippen LogP contribution in [-0.2, 0) is 10.0 Å². The van der Waals surface area contributed by atoms with Crippen LogP contribution in [-0.4, -0.2) is 40.6 Å². The molecule has 0 spiro atoms. The summed E-state index contributed by atoms with van der Waals surface area (Å²) in [6.07, 6.45) is 1.40. The Morgan fingerprint density at radius 2 is 1.97 bits per heavy atom. The average Bonchev–Trinajstić information content (AvgIpc) is 3.28. The molecular formula is C19H20Cl2FN5O2S2. The SMILES string of the molecule is CNCCN(C)c1ccccc1Nc1cc(F)c(S(=O)(=O)N(Cl)c2nccs2)cc1Cl. The minimum absolute atomic E-state index is 0.00192. The number of hydrogen-bond donors (Lipinski definition) is 2. The number of rotatable bonds is 9. The fourth-order valence-corrected chi connectivity index (χ4v) is 5.30. The maximum atomic E-state index is 14.9. The van der Waals surface area contributed by atoms with Crippen LogP contribution in [0.3, 0.4) is 0 Å². The second-order valence-corrected chi connectivity index (χ2v) is 10.0. The minimum Gasteiger partial charge on any atom is -0.372 e. The summed E-state index contributed by atoms with van der Waals surface area (Å²) in [6.45, 7) is 1.53. The lowest BCUT2D eigenvalue weighted by Crippen LogP contribution is -2.27. The molecule has 2 aromatic carbocycles. The first kappa shape index (κ1) is 23.6. The Hall–Kier alpha value is -2.11. The Bertz CT molecular complexity index is 1150.